The summed E-state index contributed by atoms with van der Waals surface area (Å²) in [4.78, 5) is 0. The summed E-state index contributed by atoms with van der Waals surface area (Å²) in [6.07, 6.45) is 16.6. The van der Waals surface area contributed by atoms with E-state index in [4.69, 9.17) is 15.9 Å². The van der Waals surface area contributed by atoms with Crippen LogP contribution in [0.15, 0.2) is 11.6 Å². The van der Waals surface area contributed by atoms with E-state index in [2.05, 4.69) is 32.8 Å². The van der Waals surface area contributed by atoms with Crippen molar-refractivity contribution in [1.29, 1.82) is 0 Å². The molecule has 0 N–H and O–H groups in total. The Morgan fingerprint density at radius 3 is 2.52 bits per heavy atom. The molecule has 0 radical (unpaired) electrons. The van der Waals surface area contributed by atoms with Gasteiger partial charge in [0.15, 0.2) is 5.79 Å². The first-order chi connectivity index (χ1) is 10.9. The minimum Gasteiger partial charge on any atom is -0.347 e. The van der Waals surface area contributed by atoms with E-state index in [0.717, 1.165) is 32.5 Å². The van der Waals surface area contributed by atoms with Crippen LogP contribution in [0.5, 0.6) is 0 Å². The van der Waals surface area contributed by atoms with Crippen LogP contribution in [0.2, 0.25) is 0 Å². The smallest absolute Gasteiger partial charge is 0.173 e. The van der Waals surface area contributed by atoms with E-state index in [1.54, 1.807) is 5.57 Å². The van der Waals surface area contributed by atoms with Gasteiger partial charge in [0.05, 0.1) is 18.6 Å². The molecule has 2 nitrogen and oxygen atoms in total. The Morgan fingerprint density at radius 2 is 1.83 bits per heavy atom. The highest BCUT2D eigenvalue weighted by Crippen LogP contribution is 2.68. The predicted molar refractivity (Wildman–Crippen MR) is 91.7 cm³/mol. The van der Waals surface area contributed by atoms with Crippen LogP contribution in [-0.4, -0.2) is 19.0 Å². The first-order valence-corrected chi connectivity index (χ1v) is 9.37. The summed E-state index contributed by atoms with van der Waals surface area (Å²) < 4.78 is 12.4. The fraction of sp³-hybridized carbons (Fsp3) is 0.810. The minimum absolute atomic E-state index is 0.0234. The number of rotatable bonds is 0. The van der Waals surface area contributed by atoms with Crippen LogP contribution in [0.1, 0.15) is 65.7 Å². The van der Waals surface area contributed by atoms with E-state index in [-0.39, 0.29) is 22.0 Å². The minimum atomic E-state index is -0.372. The number of hydrogen-bond acceptors (Lipinski definition) is 2. The lowest BCUT2D eigenvalue weighted by Gasteiger charge is -2.64. The monoisotopic (exact) mass is 314 g/mol. The maximum Gasteiger partial charge on any atom is 0.173 e. The van der Waals surface area contributed by atoms with E-state index in [1.807, 2.05) is 0 Å². The van der Waals surface area contributed by atoms with Crippen molar-refractivity contribution in [3.05, 3.63) is 11.6 Å². The van der Waals surface area contributed by atoms with Crippen molar-refractivity contribution in [1.82, 2.24) is 0 Å². The van der Waals surface area contributed by atoms with E-state index < -0.39 is 0 Å². The predicted octanol–water partition coefficient (Wildman–Crippen LogP) is 4.70. The summed E-state index contributed by atoms with van der Waals surface area (Å²) in [5, 5.41) is 0. The van der Waals surface area contributed by atoms with Gasteiger partial charge >= 0.3 is 0 Å². The highest BCUT2D eigenvalue weighted by atomic mass is 16.7. The molecule has 1 aliphatic heterocycles. The summed E-state index contributed by atoms with van der Waals surface area (Å²) in [6, 6.07) is 0. The Kier molecular flexibility index (Phi) is 3.33. The van der Waals surface area contributed by atoms with Crippen LogP contribution in [0.4, 0.5) is 0 Å². The Bertz CT molecular complexity index is 575. The Morgan fingerprint density at radius 1 is 1.09 bits per heavy atom. The number of allylic oxidation sites excluding steroid dienone is 2. The molecule has 2 heteroatoms. The lowest BCUT2D eigenvalue weighted by atomic mass is 9.43. The molecule has 1 spiro atoms. The first kappa shape index (κ1) is 15.7. The lowest BCUT2D eigenvalue weighted by molar-refractivity contribution is -0.284. The molecule has 0 aromatic heterocycles. The highest BCUT2D eigenvalue weighted by Gasteiger charge is 2.65. The van der Waals surface area contributed by atoms with Crippen LogP contribution >= 0.6 is 0 Å². The van der Waals surface area contributed by atoms with Crippen LogP contribution < -0.4 is 0 Å². The van der Waals surface area contributed by atoms with Crippen molar-refractivity contribution >= 4 is 0 Å². The molecule has 2 saturated carbocycles. The van der Waals surface area contributed by atoms with Crippen molar-refractivity contribution in [3.63, 3.8) is 0 Å². The molecular weight excluding hydrogens is 284 g/mol. The molecule has 3 atom stereocenters. The Balaban J connectivity index is 1.78. The highest BCUT2D eigenvalue weighted by molar-refractivity contribution is 5.38. The van der Waals surface area contributed by atoms with Gasteiger partial charge in [-0.15, -0.1) is 6.42 Å². The molecule has 3 aliphatic carbocycles. The molecule has 1 saturated heterocycles. The second-order valence-corrected chi connectivity index (χ2v) is 8.92. The summed E-state index contributed by atoms with van der Waals surface area (Å²) in [6.45, 7) is 8.69. The fourth-order valence-electron chi connectivity index (χ4n) is 6.59. The van der Waals surface area contributed by atoms with E-state index in [0.29, 0.717) is 5.92 Å². The zero-order valence-electron chi connectivity index (χ0n) is 14.9. The SMILES string of the molecule is C#C[C@@]12CCCC=C1[C@]1(C)CCC3(OCCO3)C(C)(C)[C@@H]1CC2. The largest absolute Gasteiger partial charge is 0.347 e. The fourth-order valence-corrected chi connectivity index (χ4v) is 6.59. The van der Waals surface area contributed by atoms with Gasteiger partial charge in [0.1, 0.15) is 0 Å². The lowest BCUT2D eigenvalue weighted by Crippen LogP contribution is -2.61. The van der Waals surface area contributed by atoms with Gasteiger partial charge in [0, 0.05) is 11.8 Å². The third-order valence-corrected chi connectivity index (χ3v) is 7.77. The molecule has 1 heterocycles. The molecule has 23 heavy (non-hydrogen) atoms. The molecule has 0 bridgehead atoms. The van der Waals surface area contributed by atoms with Crippen molar-refractivity contribution in [2.24, 2.45) is 22.2 Å². The van der Waals surface area contributed by atoms with E-state index in [9.17, 15) is 0 Å². The average molecular weight is 314 g/mol. The summed E-state index contributed by atoms with van der Waals surface area (Å²) in [5.74, 6) is 3.44. The van der Waals surface area contributed by atoms with Crippen molar-refractivity contribution in [2.75, 3.05) is 13.2 Å². The normalized spacial score (nSPS) is 44.1. The van der Waals surface area contributed by atoms with Crippen LogP contribution in [0, 0.1) is 34.5 Å². The third-order valence-electron chi connectivity index (χ3n) is 7.77. The topological polar surface area (TPSA) is 18.5 Å². The van der Waals surface area contributed by atoms with Gasteiger partial charge < -0.3 is 9.47 Å². The molecule has 0 unspecified atom stereocenters. The van der Waals surface area contributed by atoms with Gasteiger partial charge in [0.25, 0.3) is 0 Å². The molecular formula is C21H30O2. The molecule has 0 amide bonds. The number of ether oxygens (including phenoxy) is 2. The van der Waals surface area contributed by atoms with Gasteiger partial charge in [-0.2, -0.15) is 0 Å². The molecule has 0 aromatic carbocycles. The summed E-state index contributed by atoms with van der Waals surface area (Å²) >= 11 is 0. The number of terminal acetylenes is 1. The molecule has 4 aliphatic rings. The molecule has 3 fully saturated rings. The standard InChI is InChI=1S/C21H30O2/c1-5-20-10-7-6-8-17(20)19(4)12-13-21(22-14-15-23-21)18(2,3)16(19)9-11-20/h1,8,16H,6-7,9-15H2,2-4H3/t16-,19+,20-/m0/s1. The van der Waals surface area contributed by atoms with Crippen molar-refractivity contribution in [3.8, 4) is 12.3 Å². The second kappa shape index (κ2) is 4.87. The summed E-state index contributed by atoms with van der Waals surface area (Å²) in [5.41, 5.74) is 1.84. The van der Waals surface area contributed by atoms with Gasteiger partial charge in [-0.25, -0.2) is 0 Å². The van der Waals surface area contributed by atoms with E-state index in [1.165, 1.54) is 25.7 Å². The van der Waals surface area contributed by atoms with Gasteiger partial charge in [0.2, 0.25) is 0 Å². The zero-order valence-corrected chi connectivity index (χ0v) is 14.9. The summed E-state index contributed by atoms with van der Waals surface area (Å²) in [7, 11) is 0. The Hall–Kier alpha value is -0.780. The second-order valence-electron chi connectivity index (χ2n) is 8.92. The van der Waals surface area contributed by atoms with Crippen molar-refractivity contribution < 1.29 is 9.47 Å². The first-order valence-electron chi connectivity index (χ1n) is 9.37. The maximum absolute atomic E-state index is 6.20. The Labute approximate surface area is 141 Å². The third kappa shape index (κ3) is 1.84. The van der Waals surface area contributed by atoms with Crippen molar-refractivity contribution in [2.45, 2.75) is 71.5 Å². The van der Waals surface area contributed by atoms with Crippen LogP contribution in [0.3, 0.4) is 0 Å². The van der Waals surface area contributed by atoms with Crippen LogP contribution in [0.25, 0.3) is 0 Å². The molecule has 126 valence electrons. The number of hydrogen-bond donors (Lipinski definition) is 0. The maximum atomic E-state index is 6.20. The van der Waals surface area contributed by atoms with Gasteiger partial charge in [-0.3, -0.25) is 0 Å². The molecule has 0 aromatic rings. The average Bonchev–Trinajstić information content (AvgIpc) is 3.03. The van der Waals surface area contributed by atoms with Crippen LogP contribution in [-0.2, 0) is 9.47 Å². The number of fused-ring (bicyclic) bond motifs is 3. The quantitative estimate of drug-likeness (QED) is 0.477. The van der Waals surface area contributed by atoms with Gasteiger partial charge in [-0.1, -0.05) is 32.8 Å². The van der Waals surface area contributed by atoms with Gasteiger partial charge in [-0.05, 0) is 55.4 Å². The molecule has 4 rings (SSSR count). The zero-order chi connectivity index (χ0) is 16.3. The van der Waals surface area contributed by atoms with E-state index >= 15 is 0 Å².